The topological polar surface area (TPSA) is 89.3 Å². The molecule has 1 aliphatic rings. The number of nitrogens with zero attached hydrogens (tertiary/aromatic N) is 2. The van der Waals surface area contributed by atoms with Gasteiger partial charge in [0.05, 0.1) is 11.8 Å². The Morgan fingerprint density at radius 3 is 2.24 bits per heavy atom. The molecule has 0 bridgehead atoms. The van der Waals surface area contributed by atoms with Crippen molar-refractivity contribution in [3.05, 3.63) is 89.9 Å². The third-order valence-corrected chi connectivity index (χ3v) is 5.35. The quantitative estimate of drug-likeness (QED) is 0.517. The molecule has 3 aromatic rings. The van der Waals surface area contributed by atoms with Crippen LogP contribution in [0.15, 0.2) is 77.4 Å². The number of amides is 2. The highest BCUT2D eigenvalue weighted by Gasteiger charge is 2.26. The minimum atomic E-state index is -0.581. The van der Waals surface area contributed by atoms with Crippen LogP contribution in [-0.4, -0.2) is 60.4 Å². The zero-order valence-electron chi connectivity index (χ0n) is 18.0. The van der Waals surface area contributed by atoms with Crippen molar-refractivity contribution in [1.82, 2.24) is 9.80 Å². The summed E-state index contributed by atoms with van der Waals surface area (Å²) < 4.78 is 16.2. The Bertz CT molecular complexity index is 1090. The molecule has 1 aliphatic heterocycles. The summed E-state index contributed by atoms with van der Waals surface area (Å²) in [5.41, 5.74) is 1.03. The van der Waals surface area contributed by atoms with E-state index < -0.39 is 5.97 Å². The minimum absolute atomic E-state index is 0.201. The first-order valence-corrected chi connectivity index (χ1v) is 10.7. The summed E-state index contributed by atoms with van der Waals surface area (Å²) in [7, 11) is 0. The van der Waals surface area contributed by atoms with Crippen LogP contribution in [0.2, 0.25) is 0 Å². The van der Waals surface area contributed by atoms with Crippen molar-refractivity contribution in [3.63, 3.8) is 0 Å². The summed E-state index contributed by atoms with van der Waals surface area (Å²) in [6.45, 7) is 1.35. The van der Waals surface area contributed by atoms with E-state index in [9.17, 15) is 14.4 Å². The number of piperazine rings is 1. The van der Waals surface area contributed by atoms with E-state index in [2.05, 4.69) is 0 Å². The zero-order chi connectivity index (χ0) is 23.0. The van der Waals surface area contributed by atoms with Gasteiger partial charge in [0.15, 0.2) is 12.4 Å². The summed E-state index contributed by atoms with van der Waals surface area (Å²) in [4.78, 5) is 40.7. The molecule has 1 aromatic heterocycles. The third-order valence-electron chi connectivity index (χ3n) is 5.35. The third kappa shape index (κ3) is 5.60. The lowest BCUT2D eigenvalue weighted by molar-refractivity contribution is -0.136. The lowest BCUT2D eigenvalue weighted by atomic mass is 10.1. The first kappa shape index (κ1) is 22.1. The molecule has 2 amide bonds. The Morgan fingerprint density at radius 1 is 0.818 bits per heavy atom. The van der Waals surface area contributed by atoms with Gasteiger partial charge >= 0.3 is 5.97 Å². The molecule has 33 heavy (non-hydrogen) atoms. The average Bonchev–Trinajstić information content (AvgIpc) is 3.41. The molecule has 8 nitrogen and oxygen atoms in total. The van der Waals surface area contributed by atoms with Gasteiger partial charge in [0, 0.05) is 31.7 Å². The van der Waals surface area contributed by atoms with Gasteiger partial charge in [-0.1, -0.05) is 36.4 Å². The standard InChI is InChI=1S/C25H24N2O6/c28-23(26-12-14-27(15-13-26)24(29)22-11-6-16-31-22)18-33-25(30)21-10-5-4-7-19(21)17-32-20-8-2-1-3-9-20/h1-11,16H,12-15,17-18H2. The van der Waals surface area contributed by atoms with Crippen molar-refractivity contribution >= 4 is 17.8 Å². The molecule has 4 rings (SSSR count). The molecule has 1 saturated heterocycles. The maximum absolute atomic E-state index is 12.6. The van der Waals surface area contributed by atoms with Crippen molar-refractivity contribution in [2.75, 3.05) is 32.8 Å². The number of hydrogen-bond acceptors (Lipinski definition) is 6. The number of para-hydroxylation sites is 1. The smallest absolute Gasteiger partial charge is 0.339 e. The van der Waals surface area contributed by atoms with Crippen LogP contribution in [0.25, 0.3) is 0 Å². The Kier molecular flexibility index (Phi) is 7.04. The van der Waals surface area contributed by atoms with Crippen molar-refractivity contribution in [1.29, 1.82) is 0 Å². The second-order valence-electron chi connectivity index (χ2n) is 7.49. The molecule has 8 heteroatoms. The van der Waals surface area contributed by atoms with Crippen molar-refractivity contribution in [2.24, 2.45) is 0 Å². The summed E-state index contributed by atoms with van der Waals surface area (Å²) in [6.07, 6.45) is 1.45. The van der Waals surface area contributed by atoms with Gasteiger partial charge < -0.3 is 23.7 Å². The molecule has 0 saturated carbocycles. The van der Waals surface area contributed by atoms with E-state index in [4.69, 9.17) is 13.9 Å². The fourth-order valence-electron chi connectivity index (χ4n) is 3.53. The summed E-state index contributed by atoms with van der Waals surface area (Å²) in [6, 6.07) is 19.6. The minimum Gasteiger partial charge on any atom is -0.489 e. The van der Waals surface area contributed by atoms with E-state index in [-0.39, 0.29) is 30.8 Å². The van der Waals surface area contributed by atoms with E-state index in [1.807, 2.05) is 36.4 Å². The molecule has 170 valence electrons. The van der Waals surface area contributed by atoms with Crippen LogP contribution in [-0.2, 0) is 16.1 Å². The Hall–Kier alpha value is -4.07. The van der Waals surface area contributed by atoms with Gasteiger partial charge in [-0.05, 0) is 30.3 Å². The van der Waals surface area contributed by atoms with Crippen molar-refractivity contribution in [2.45, 2.75) is 6.61 Å². The number of rotatable bonds is 7. The van der Waals surface area contributed by atoms with E-state index in [1.165, 1.54) is 6.26 Å². The largest absolute Gasteiger partial charge is 0.489 e. The number of furan rings is 1. The molecule has 0 unspecified atom stereocenters. The monoisotopic (exact) mass is 448 g/mol. The van der Waals surface area contributed by atoms with E-state index in [1.54, 1.807) is 40.1 Å². The molecule has 0 aliphatic carbocycles. The second kappa shape index (κ2) is 10.5. The van der Waals surface area contributed by atoms with Crippen LogP contribution in [0.1, 0.15) is 26.5 Å². The first-order valence-electron chi connectivity index (χ1n) is 10.7. The summed E-state index contributed by atoms with van der Waals surface area (Å²) in [5.74, 6) is -0.110. The Labute approximate surface area is 191 Å². The lowest BCUT2D eigenvalue weighted by Gasteiger charge is -2.34. The highest BCUT2D eigenvalue weighted by molar-refractivity contribution is 5.93. The van der Waals surface area contributed by atoms with E-state index >= 15 is 0 Å². The summed E-state index contributed by atoms with van der Waals surface area (Å²) in [5, 5.41) is 0. The first-order chi connectivity index (χ1) is 16.1. The number of carbonyl (C=O) groups is 3. The molecule has 1 fully saturated rings. The predicted molar refractivity (Wildman–Crippen MR) is 119 cm³/mol. The van der Waals surface area contributed by atoms with Gasteiger partial charge in [-0.15, -0.1) is 0 Å². The maximum atomic E-state index is 12.6. The molecule has 0 N–H and O–H groups in total. The SMILES string of the molecule is O=C(OCC(=O)N1CCN(C(=O)c2ccco2)CC1)c1ccccc1COc1ccccc1. The molecule has 0 atom stereocenters. The van der Waals surface area contributed by atoms with Gasteiger partial charge in [-0.2, -0.15) is 0 Å². The zero-order valence-corrected chi connectivity index (χ0v) is 18.0. The van der Waals surface area contributed by atoms with Crippen LogP contribution < -0.4 is 4.74 Å². The highest BCUT2D eigenvalue weighted by Crippen LogP contribution is 2.16. The number of carbonyl (C=O) groups excluding carboxylic acids is 3. The van der Waals surface area contributed by atoms with Crippen LogP contribution in [0.5, 0.6) is 5.75 Å². The van der Waals surface area contributed by atoms with E-state index in [0.717, 1.165) is 0 Å². The van der Waals surface area contributed by atoms with Crippen LogP contribution >= 0.6 is 0 Å². The number of benzene rings is 2. The van der Waals surface area contributed by atoms with Crippen molar-refractivity contribution < 1.29 is 28.3 Å². The normalized spacial score (nSPS) is 13.5. The van der Waals surface area contributed by atoms with E-state index in [0.29, 0.717) is 43.1 Å². The molecule has 2 heterocycles. The molecule has 0 radical (unpaired) electrons. The van der Waals surface area contributed by atoms with Crippen LogP contribution in [0, 0.1) is 0 Å². The second-order valence-corrected chi connectivity index (χ2v) is 7.49. The van der Waals surface area contributed by atoms with Gasteiger partial charge in [0.25, 0.3) is 11.8 Å². The lowest BCUT2D eigenvalue weighted by Crippen LogP contribution is -2.51. The van der Waals surface area contributed by atoms with Gasteiger partial charge in [0.1, 0.15) is 12.4 Å². The maximum Gasteiger partial charge on any atom is 0.339 e. The number of ether oxygens (including phenoxy) is 2. The van der Waals surface area contributed by atoms with Gasteiger partial charge in [0.2, 0.25) is 0 Å². The fourth-order valence-corrected chi connectivity index (χ4v) is 3.53. The average molecular weight is 448 g/mol. The number of esters is 1. The highest BCUT2D eigenvalue weighted by atomic mass is 16.5. The van der Waals surface area contributed by atoms with Gasteiger partial charge in [-0.3, -0.25) is 9.59 Å². The molecule has 2 aromatic carbocycles. The van der Waals surface area contributed by atoms with Crippen LogP contribution in [0.3, 0.4) is 0 Å². The molecular weight excluding hydrogens is 424 g/mol. The number of hydrogen-bond donors (Lipinski definition) is 0. The molecule has 0 spiro atoms. The van der Waals surface area contributed by atoms with Crippen LogP contribution in [0.4, 0.5) is 0 Å². The van der Waals surface area contributed by atoms with Gasteiger partial charge in [-0.25, -0.2) is 4.79 Å². The Balaban J connectivity index is 1.27. The molecular formula is C25H24N2O6. The summed E-state index contributed by atoms with van der Waals surface area (Å²) >= 11 is 0. The fraction of sp³-hybridized carbons (Fsp3) is 0.240. The Morgan fingerprint density at radius 2 is 1.52 bits per heavy atom. The van der Waals surface area contributed by atoms with Crippen molar-refractivity contribution in [3.8, 4) is 5.75 Å². The predicted octanol–water partition coefficient (Wildman–Crippen LogP) is 3.00.